The van der Waals surface area contributed by atoms with Crippen LogP contribution < -0.4 is 10.6 Å². The van der Waals surface area contributed by atoms with Crippen molar-refractivity contribution >= 4 is 29.2 Å². The Morgan fingerprint density at radius 3 is 2.52 bits per heavy atom. The lowest BCUT2D eigenvalue weighted by molar-refractivity contribution is -0.120. The van der Waals surface area contributed by atoms with Crippen LogP contribution in [0, 0.1) is 5.92 Å². The Bertz CT molecular complexity index is 518. The number of anilines is 1. The van der Waals surface area contributed by atoms with Crippen molar-refractivity contribution in [2.24, 2.45) is 5.92 Å². The van der Waals surface area contributed by atoms with Crippen molar-refractivity contribution < 1.29 is 14.3 Å². The van der Waals surface area contributed by atoms with E-state index in [1.807, 2.05) is 20.8 Å². The van der Waals surface area contributed by atoms with Crippen LogP contribution in [0.5, 0.6) is 0 Å². The minimum Gasteiger partial charge on any atom is -0.465 e. The molecule has 0 radical (unpaired) electrons. The molecule has 1 aromatic rings. The summed E-state index contributed by atoms with van der Waals surface area (Å²) in [6, 6.07) is 4.96. The fourth-order valence-corrected chi connectivity index (χ4v) is 1.75. The lowest BCUT2D eigenvalue weighted by atomic mass is 10.1. The van der Waals surface area contributed by atoms with Gasteiger partial charge >= 0.3 is 5.97 Å². The smallest absolute Gasteiger partial charge is 0.339 e. The number of amides is 1. The summed E-state index contributed by atoms with van der Waals surface area (Å²) in [7, 11) is 1.29. The number of nitrogens with one attached hydrogen (secondary N) is 2. The molecular weight excluding hydrogens is 292 g/mol. The monoisotopic (exact) mass is 312 g/mol. The zero-order chi connectivity index (χ0) is 16.0. The van der Waals surface area contributed by atoms with Crippen molar-refractivity contribution in [1.82, 2.24) is 5.32 Å². The maximum absolute atomic E-state index is 11.8. The molecule has 116 valence electrons. The molecule has 0 saturated carbocycles. The van der Waals surface area contributed by atoms with Gasteiger partial charge in [0, 0.05) is 11.7 Å². The highest BCUT2D eigenvalue weighted by molar-refractivity contribution is 6.33. The zero-order valence-corrected chi connectivity index (χ0v) is 13.5. The van der Waals surface area contributed by atoms with E-state index in [1.165, 1.54) is 7.11 Å². The van der Waals surface area contributed by atoms with E-state index in [2.05, 4.69) is 15.4 Å². The largest absolute Gasteiger partial charge is 0.465 e. The average Bonchev–Trinajstić information content (AvgIpc) is 2.45. The second-order valence-corrected chi connectivity index (χ2v) is 5.55. The fourth-order valence-electron chi connectivity index (χ4n) is 1.56. The van der Waals surface area contributed by atoms with Crippen molar-refractivity contribution in [3.63, 3.8) is 0 Å². The van der Waals surface area contributed by atoms with Gasteiger partial charge in [0.05, 0.1) is 24.2 Å². The summed E-state index contributed by atoms with van der Waals surface area (Å²) >= 11 is 5.93. The van der Waals surface area contributed by atoms with E-state index in [4.69, 9.17) is 11.6 Å². The first kappa shape index (κ1) is 17.3. The lowest BCUT2D eigenvalue weighted by Gasteiger charge is -2.17. The predicted molar refractivity (Wildman–Crippen MR) is 83.7 cm³/mol. The van der Waals surface area contributed by atoms with Gasteiger partial charge < -0.3 is 15.4 Å². The van der Waals surface area contributed by atoms with E-state index >= 15 is 0 Å². The zero-order valence-electron chi connectivity index (χ0n) is 12.7. The van der Waals surface area contributed by atoms with Crippen LogP contribution in [-0.4, -0.2) is 31.6 Å². The van der Waals surface area contributed by atoms with Crippen molar-refractivity contribution in [3.8, 4) is 0 Å². The number of hydrogen-bond acceptors (Lipinski definition) is 4. The van der Waals surface area contributed by atoms with Crippen molar-refractivity contribution in [1.29, 1.82) is 0 Å². The quantitative estimate of drug-likeness (QED) is 0.793. The van der Waals surface area contributed by atoms with E-state index < -0.39 is 5.97 Å². The first-order valence-electron chi connectivity index (χ1n) is 6.76. The standard InChI is InChI=1S/C15H21ClN2O3/c1-9(2)10(3)18-14(19)8-17-11-5-6-13(16)12(7-11)15(20)21-4/h5-7,9-10,17H,8H2,1-4H3,(H,18,19). The van der Waals surface area contributed by atoms with Crippen LogP contribution in [0.3, 0.4) is 0 Å². The molecule has 1 atom stereocenters. The normalized spacial score (nSPS) is 11.9. The number of esters is 1. The maximum Gasteiger partial charge on any atom is 0.339 e. The lowest BCUT2D eigenvalue weighted by Crippen LogP contribution is -2.39. The summed E-state index contributed by atoms with van der Waals surface area (Å²) in [4.78, 5) is 23.3. The molecule has 0 bridgehead atoms. The third kappa shape index (κ3) is 5.27. The van der Waals surface area contributed by atoms with E-state index in [1.54, 1.807) is 18.2 Å². The molecule has 1 unspecified atom stereocenters. The molecule has 1 aromatic carbocycles. The van der Waals surface area contributed by atoms with E-state index in [-0.39, 0.29) is 24.1 Å². The number of methoxy groups -OCH3 is 1. The Kier molecular flexibility index (Phi) is 6.49. The molecule has 0 saturated heterocycles. The molecule has 0 aliphatic rings. The van der Waals surface area contributed by atoms with Crippen LogP contribution in [0.4, 0.5) is 5.69 Å². The number of carbonyl (C=O) groups excluding carboxylic acids is 2. The maximum atomic E-state index is 11.8. The van der Waals surface area contributed by atoms with Crippen LogP contribution in [0.2, 0.25) is 5.02 Å². The molecule has 0 heterocycles. The number of carbonyl (C=O) groups is 2. The Morgan fingerprint density at radius 2 is 1.95 bits per heavy atom. The fraction of sp³-hybridized carbons (Fsp3) is 0.467. The van der Waals surface area contributed by atoms with Crippen LogP contribution in [0.15, 0.2) is 18.2 Å². The SMILES string of the molecule is COC(=O)c1cc(NCC(=O)NC(C)C(C)C)ccc1Cl. The van der Waals surface area contributed by atoms with Gasteiger partial charge in [-0.2, -0.15) is 0 Å². The van der Waals surface area contributed by atoms with E-state index in [0.717, 1.165) is 0 Å². The Morgan fingerprint density at radius 1 is 1.29 bits per heavy atom. The first-order chi connectivity index (χ1) is 9.85. The van der Waals surface area contributed by atoms with E-state index in [0.29, 0.717) is 16.6 Å². The topological polar surface area (TPSA) is 67.4 Å². The number of benzene rings is 1. The Balaban J connectivity index is 2.64. The average molecular weight is 313 g/mol. The minimum absolute atomic E-state index is 0.106. The van der Waals surface area contributed by atoms with Gasteiger partial charge in [-0.25, -0.2) is 4.79 Å². The molecule has 6 heteroatoms. The van der Waals surface area contributed by atoms with Crippen LogP contribution in [-0.2, 0) is 9.53 Å². The van der Waals surface area contributed by atoms with Gasteiger partial charge in [0.25, 0.3) is 0 Å². The first-order valence-corrected chi connectivity index (χ1v) is 7.14. The highest BCUT2D eigenvalue weighted by Crippen LogP contribution is 2.21. The van der Waals surface area contributed by atoms with Crippen LogP contribution >= 0.6 is 11.6 Å². The highest BCUT2D eigenvalue weighted by atomic mass is 35.5. The van der Waals surface area contributed by atoms with Gasteiger partial charge in [0.2, 0.25) is 5.91 Å². The van der Waals surface area contributed by atoms with Crippen molar-refractivity contribution in [2.75, 3.05) is 19.0 Å². The van der Waals surface area contributed by atoms with Gasteiger partial charge in [-0.3, -0.25) is 4.79 Å². The second-order valence-electron chi connectivity index (χ2n) is 5.14. The van der Waals surface area contributed by atoms with Crippen molar-refractivity contribution in [2.45, 2.75) is 26.8 Å². The molecule has 5 nitrogen and oxygen atoms in total. The van der Waals surface area contributed by atoms with Crippen molar-refractivity contribution in [3.05, 3.63) is 28.8 Å². The molecule has 1 amide bonds. The van der Waals surface area contributed by atoms with Crippen LogP contribution in [0.25, 0.3) is 0 Å². The Labute approximate surface area is 130 Å². The summed E-state index contributed by atoms with van der Waals surface area (Å²) in [5.41, 5.74) is 0.896. The molecule has 0 aromatic heterocycles. The third-order valence-corrected chi connectivity index (χ3v) is 3.54. The van der Waals surface area contributed by atoms with Crippen LogP contribution in [0.1, 0.15) is 31.1 Å². The Hall–Kier alpha value is -1.75. The summed E-state index contributed by atoms with van der Waals surface area (Å²) < 4.78 is 4.65. The third-order valence-electron chi connectivity index (χ3n) is 3.21. The molecule has 21 heavy (non-hydrogen) atoms. The number of hydrogen-bond donors (Lipinski definition) is 2. The molecule has 0 aliphatic carbocycles. The minimum atomic E-state index is -0.512. The molecule has 0 aliphatic heterocycles. The molecule has 1 rings (SSSR count). The molecular formula is C15H21ClN2O3. The van der Waals surface area contributed by atoms with E-state index in [9.17, 15) is 9.59 Å². The number of rotatable bonds is 6. The number of ether oxygens (including phenoxy) is 1. The summed E-state index contributed by atoms with van der Waals surface area (Å²) in [5.74, 6) is -0.247. The molecule has 2 N–H and O–H groups in total. The summed E-state index contributed by atoms with van der Waals surface area (Å²) in [6.07, 6.45) is 0. The predicted octanol–water partition coefficient (Wildman–Crippen LogP) is 2.70. The molecule has 0 spiro atoms. The summed E-state index contributed by atoms with van der Waals surface area (Å²) in [5, 5.41) is 6.16. The summed E-state index contributed by atoms with van der Waals surface area (Å²) in [6.45, 7) is 6.17. The van der Waals surface area contributed by atoms with Gasteiger partial charge in [-0.1, -0.05) is 25.4 Å². The van der Waals surface area contributed by atoms with Gasteiger partial charge in [-0.15, -0.1) is 0 Å². The van der Waals surface area contributed by atoms with Gasteiger partial charge in [-0.05, 0) is 31.0 Å². The highest BCUT2D eigenvalue weighted by Gasteiger charge is 2.13. The number of halogens is 1. The van der Waals surface area contributed by atoms with Gasteiger partial charge in [0.15, 0.2) is 0 Å². The molecule has 0 fully saturated rings. The van der Waals surface area contributed by atoms with Gasteiger partial charge in [0.1, 0.15) is 0 Å². The second kappa shape index (κ2) is 7.88.